The molecule has 0 aliphatic rings. The van der Waals surface area contributed by atoms with Crippen molar-refractivity contribution in [1.29, 1.82) is 0 Å². The number of hydrogen-bond donors (Lipinski definition) is 1. The summed E-state index contributed by atoms with van der Waals surface area (Å²) in [6.45, 7) is 4.01. The van der Waals surface area contributed by atoms with Gasteiger partial charge < -0.3 is 5.32 Å². The molecule has 1 N–H and O–H groups in total. The molecule has 6 nitrogen and oxygen atoms in total. The van der Waals surface area contributed by atoms with E-state index >= 15 is 0 Å². The maximum Gasteiger partial charge on any atom is 0.252 e. The standard InChI is InChI=1S/C21H24ClN3O3S2/c1-14(2)25(3)30(27,28)15-10-11-17(22)16(13-15)21(26)23-12-6-9-20-24-18-7-4-5-8-19(18)29-20/h4-5,7-8,10-11,13-14H,6,9,12H2,1-3H3,(H,23,26). The van der Waals surface area contributed by atoms with Gasteiger partial charge in [0, 0.05) is 26.1 Å². The molecule has 9 heteroatoms. The molecular weight excluding hydrogens is 442 g/mol. The Hall–Kier alpha value is -2.00. The van der Waals surface area contributed by atoms with E-state index < -0.39 is 15.9 Å². The lowest BCUT2D eigenvalue weighted by molar-refractivity contribution is 0.0953. The molecule has 0 bridgehead atoms. The van der Waals surface area contributed by atoms with E-state index in [0.717, 1.165) is 28.1 Å². The van der Waals surface area contributed by atoms with Crippen molar-refractivity contribution >= 4 is 49.1 Å². The van der Waals surface area contributed by atoms with Crippen LogP contribution in [0.15, 0.2) is 47.4 Å². The molecule has 3 aromatic rings. The minimum Gasteiger partial charge on any atom is -0.352 e. The Morgan fingerprint density at radius 1 is 1.23 bits per heavy atom. The highest BCUT2D eigenvalue weighted by Crippen LogP contribution is 2.24. The zero-order valence-corrected chi connectivity index (χ0v) is 19.4. The van der Waals surface area contributed by atoms with Gasteiger partial charge in [-0.15, -0.1) is 11.3 Å². The Labute approximate surface area is 185 Å². The molecule has 0 aliphatic heterocycles. The molecule has 0 saturated heterocycles. The van der Waals surface area contributed by atoms with Gasteiger partial charge >= 0.3 is 0 Å². The van der Waals surface area contributed by atoms with E-state index in [9.17, 15) is 13.2 Å². The van der Waals surface area contributed by atoms with Crippen molar-refractivity contribution in [2.75, 3.05) is 13.6 Å². The lowest BCUT2D eigenvalue weighted by Gasteiger charge is -2.21. The minimum atomic E-state index is -3.70. The van der Waals surface area contributed by atoms with Gasteiger partial charge in [-0.3, -0.25) is 4.79 Å². The van der Waals surface area contributed by atoms with Gasteiger partial charge in [-0.25, -0.2) is 13.4 Å². The fraction of sp³-hybridized carbons (Fsp3) is 0.333. The van der Waals surface area contributed by atoms with Crippen molar-refractivity contribution in [3.05, 3.63) is 58.1 Å². The van der Waals surface area contributed by atoms with E-state index in [2.05, 4.69) is 10.3 Å². The smallest absolute Gasteiger partial charge is 0.252 e. The molecule has 3 rings (SSSR count). The number of sulfonamides is 1. The number of benzene rings is 2. The summed E-state index contributed by atoms with van der Waals surface area (Å²) in [4.78, 5) is 17.2. The zero-order valence-electron chi connectivity index (χ0n) is 17.1. The van der Waals surface area contributed by atoms with Crippen LogP contribution in [0.2, 0.25) is 5.02 Å². The van der Waals surface area contributed by atoms with Crippen LogP contribution >= 0.6 is 22.9 Å². The van der Waals surface area contributed by atoms with Crippen molar-refractivity contribution in [2.24, 2.45) is 0 Å². The summed E-state index contributed by atoms with van der Waals surface area (Å²) >= 11 is 7.81. The first-order valence-electron chi connectivity index (χ1n) is 9.60. The molecule has 0 atom stereocenters. The van der Waals surface area contributed by atoms with Crippen molar-refractivity contribution in [3.8, 4) is 0 Å². The van der Waals surface area contributed by atoms with Crippen LogP contribution in [0.5, 0.6) is 0 Å². The molecule has 0 radical (unpaired) electrons. The van der Waals surface area contributed by atoms with Gasteiger partial charge in [0.05, 0.1) is 30.7 Å². The first kappa shape index (κ1) is 22.7. The van der Waals surface area contributed by atoms with Crippen LogP contribution in [-0.4, -0.2) is 43.2 Å². The first-order chi connectivity index (χ1) is 14.2. The van der Waals surface area contributed by atoms with E-state index in [0.29, 0.717) is 6.54 Å². The Kier molecular flexibility index (Phi) is 7.13. The third-order valence-corrected chi connectivity index (χ3v) is 8.23. The number of thiazole rings is 1. The van der Waals surface area contributed by atoms with Crippen LogP contribution in [-0.2, 0) is 16.4 Å². The second-order valence-electron chi connectivity index (χ2n) is 7.19. The van der Waals surface area contributed by atoms with Crippen molar-refractivity contribution in [1.82, 2.24) is 14.6 Å². The number of nitrogens with zero attached hydrogens (tertiary/aromatic N) is 2. The molecule has 1 heterocycles. The van der Waals surface area contributed by atoms with Gasteiger partial charge in [0.15, 0.2) is 0 Å². The SMILES string of the molecule is CC(C)N(C)S(=O)(=O)c1ccc(Cl)c(C(=O)NCCCc2nc3ccccc3s2)c1. The maximum atomic E-state index is 12.7. The summed E-state index contributed by atoms with van der Waals surface area (Å²) in [5.74, 6) is -0.395. The molecule has 2 aromatic carbocycles. The predicted molar refractivity (Wildman–Crippen MR) is 122 cm³/mol. The highest BCUT2D eigenvalue weighted by atomic mass is 35.5. The molecule has 30 heavy (non-hydrogen) atoms. The zero-order chi connectivity index (χ0) is 21.9. The van der Waals surface area contributed by atoms with E-state index in [1.165, 1.54) is 29.6 Å². The fourth-order valence-electron chi connectivity index (χ4n) is 2.85. The second-order valence-corrected chi connectivity index (χ2v) is 10.7. The highest BCUT2D eigenvalue weighted by molar-refractivity contribution is 7.89. The van der Waals surface area contributed by atoms with Crippen molar-refractivity contribution in [3.63, 3.8) is 0 Å². The molecular formula is C21H24ClN3O3S2. The van der Waals surface area contributed by atoms with E-state index in [-0.39, 0.29) is 21.5 Å². The van der Waals surface area contributed by atoms with Crippen LogP contribution in [0, 0.1) is 0 Å². The first-order valence-corrected chi connectivity index (χ1v) is 12.2. The molecule has 0 fully saturated rings. The average Bonchev–Trinajstić information content (AvgIpc) is 3.13. The highest BCUT2D eigenvalue weighted by Gasteiger charge is 2.25. The van der Waals surface area contributed by atoms with E-state index in [4.69, 9.17) is 11.6 Å². The summed E-state index contributed by atoms with van der Waals surface area (Å²) in [5.41, 5.74) is 1.13. The van der Waals surface area contributed by atoms with Gasteiger partial charge in [-0.05, 0) is 50.6 Å². The largest absolute Gasteiger partial charge is 0.352 e. The van der Waals surface area contributed by atoms with Gasteiger partial charge in [-0.1, -0.05) is 23.7 Å². The van der Waals surface area contributed by atoms with Crippen molar-refractivity contribution < 1.29 is 13.2 Å². The number of rotatable bonds is 8. The number of fused-ring (bicyclic) bond motifs is 1. The molecule has 1 amide bonds. The summed E-state index contributed by atoms with van der Waals surface area (Å²) in [6, 6.07) is 12.0. The molecule has 1 aromatic heterocycles. The number of halogens is 1. The van der Waals surface area contributed by atoms with Crippen LogP contribution in [0.1, 0.15) is 35.6 Å². The van der Waals surface area contributed by atoms with Crippen LogP contribution in [0.4, 0.5) is 0 Å². The number of carbonyl (C=O) groups excluding carboxylic acids is 1. The van der Waals surface area contributed by atoms with Gasteiger partial charge in [0.1, 0.15) is 0 Å². The maximum absolute atomic E-state index is 12.7. The van der Waals surface area contributed by atoms with Gasteiger partial charge in [0.2, 0.25) is 10.0 Å². The quantitative estimate of drug-likeness (QED) is 0.502. The number of carbonyl (C=O) groups is 1. The fourth-order valence-corrected chi connectivity index (χ4v) is 5.45. The van der Waals surface area contributed by atoms with Crippen LogP contribution in [0.3, 0.4) is 0 Å². The number of nitrogens with one attached hydrogen (secondary N) is 1. The number of para-hydroxylation sites is 1. The molecule has 0 spiro atoms. The minimum absolute atomic E-state index is 0.0442. The Balaban J connectivity index is 1.63. The predicted octanol–water partition coefficient (Wildman–Crippen LogP) is 4.34. The van der Waals surface area contributed by atoms with E-state index in [1.54, 1.807) is 25.2 Å². The third kappa shape index (κ3) is 5.00. The topological polar surface area (TPSA) is 79.4 Å². The monoisotopic (exact) mass is 465 g/mol. The number of aryl methyl sites for hydroxylation is 1. The van der Waals surface area contributed by atoms with E-state index in [1.807, 2.05) is 24.3 Å². The number of amides is 1. The number of hydrogen-bond acceptors (Lipinski definition) is 5. The Morgan fingerprint density at radius 2 is 1.97 bits per heavy atom. The van der Waals surface area contributed by atoms with Crippen LogP contribution < -0.4 is 5.32 Å². The summed E-state index contributed by atoms with van der Waals surface area (Å²) in [7, 11) is -2.19. The van der Waals surface area contributed by atoms with Gasteiger partial charge in [0.25, 0.3) is 5.91 Å². The summed E-state index contributed by atoms with van der Waals surface area (Å²) < 4.78 is 27.8. The molecule has 160 valence electrons. The van der Waals surface area contributed by atoms with Gasteiger partial charge in [-0.2, -0.15) is 4.31 Å². The Bertz CT molecular complexity index is 1130. The van der Waals surface area contributed by atoms with Crippen molar-refractivity contribution in [2.45, 2.75) is 37.6 Å². The lowest BCUT2D eigenvalue weighted by atomic mass is 10.2. The lowest BCUT2D eigenvalue weighted by Crippen LogP contribution is -2.33. The Morgan fingerprint density at radius 3 is 2.67 bits per heavy atom. The summed E-state index contributed by atoms with van der Waals surface area (Å²) in [6.07, 6.45) is 1.47. The second kappa shape index (κ2) is 9.43. The number of aromatic nitrogens is 1. The third-order valence-electron chi connectivity index (χ3n) is 4.78. The summed E-state index contributed by atoms with van der Waals surface area (Å²) in [5, 5.41) is 4.05. The average molecular weight is 466 g/mol. The molecule has 0 aliphatic carbocycles. The molecule has 0 unspecified atom stereocenters. The molecule has 0 saturated carbocycles. The normalized spacial score (nSPS) is 12.1. The van der Waals surface area contributed by atoms with Crippen LogP contribution in [0.25, 0.3) is 10.2 Å².